The Balaban J connectivity index is 1.41. The molecule has 40 heavy (non-hydrogen) atoms. The highest BCUT2D eigenvalue weighted by Gasteiger charge is 2.34. The summed E-state index contributed by atoms with van der Waals surface area (Å²) >= 11 is 1.04. The van der Waals surface area contributed by atoms with Gasteiger partial charge in [-0.25, -0.2) is 4.99 Å². The molecule has 0 saturated heterocycles. The summed E-state index contributed by atoms with van der Waals surface area (Å²) in [6.45, 7) is 2.46. The second-order valence-corrected chi connectivity index (χ2v) is 9.38. The van der Waals surface area contributed by atoms with Crippen molar-refractivity contribution in [3.05, 3.63) is 95.8 Å². The van der Waals surface area contributed by atoms with Crippen molar-refractivity contribution < 1.29 is 33.4 Å². The van der Waals surface area contributed by atoms with Gasteiger partial charge in [-0.15, -0.1) is 0 Å². The molecular weight excluding hydrogens is 532 g/mol. The minimum absolute atomic E-state index is 0.182. The van der Waals surface area contributed by atoms with Crippen molar-refractivity contribution in [1.82, 2.24) is 5.27 Å². The van der Waals surface area contributed by atoms with Crippen molar-refractivity contribution in [3.8, 4) is 23.1 Å². The van der Waals surface area contributed by atoms with Crippen LogP contribution >= 0.6 is 11.8 Å². The highest BCUT2D eigenvalue weighted by molar-refractivity contribution is 8.14. The second kappa shape index (κ2) is 11.9. The number of ketones is 1. The highest BCUT2D eigenvalue weighted by Crippen LogP contribution is 2.30. The van der Waals surface area contributed by atoms with Crippen LogP contribution in [0.1, 0.15) is 23.0 Å². The zero-order valence-electron chi connectivity index (χ0n) is 21.6. The number of para-hydroxylation sites is 1. The topological polar surface area (TPSA) is 121 Å². The average molecular weight is 557 g/mol. The minimum Gasteiger partial charge on any atom is -0.539 e. The van der Waals surface area contributed by atoms with E-state index in [1.165, 1.54) is 12.0 Å². The molecule has 4 aromatic rings. The summed E-state index contributed by atoms with van der Waals surface area (Å²) in [5, 5.41) is 16.5. The van der Waals surface area contributed by atoms with E-state index in [0.29, 0.717) is 28.9 Å². The normalized spacial score (nSPS) is 13.9. The zero-order valence-corrected chi connectivity index (χ0v) is 22.5. The van der Waals surface area contributed by atoms with E-state index >= 15 is 0 Å². The predicted octanol–water partition coefficient (Wildman–Crippen LogP) is 3.79. The van der Waals surface area contributed by atoms with Crippen molar-refractivity contribution in [3.63, 3.8) is 0 Å². The quantitative estimate of drug-likeness (QED) is 0.173. The molecule has 1 aromatic heterocycles. The first-order valence-corrected chi connectivity index (χ1v) is 13.3. The molecule has 3 aromatic carbocycles. The molecule has 1 aliphatic heterocycles. The van der Waals surface area contributed by atoms with Gasteiger partial charge in [0.1, 0.15) is 17.2 Å². The summed E-state index contributed by atoms with van der Waals surface area (Å²) in [7, 11) is 1.54. The number of nitrogens with zero attached hydrogens (tertiary/aromatic N) is 4. The lowest BCUT2D eigenvalue weighted by Gasteiger charge is -2.17. The van der Waals surface area contributed by atoms with Crippen LogP contribution in [0.2, 0.25) is 0 Å². The summed E-state index contributed by atoms with van der Waals surface area (Å²) in [6, 6.07) is 23.0. The number of aromatic nitrogens is 2. The number of ether oxygens (including phenoxy) is 2. The molecule has 2 heterocycles. The van der Waals surface area contributed by atoms with Gasteiger partial charge in [0, 0.05) is 12.1 Å². The van der Waals surface area contributed by atoms with E-state index in [-0.39, 0.29) is 23.1 Å². The van der Waals surface area contributed by atoms with E-state index in [9.17, 15) is 14.7 Å². The number of carbonyl (C=O) groups is 2. The Labute approximate surface area is 234 Å². The minimum atomic E-state index is -0.859. The molecule has 1 amide bonds. The Bertz CT molecular complexity index is 1580. The first kappa shape index (κ1) is 26.7. The number of thioether (sulfide) groups is 1. The number of benzene rings is 3. The molecule has 11 heteroatoms. The first-order valence-electron chi connectivity index (χ1n) is 12.3. The second-order valence-electron chi connectivity index (χ2n) is 8.43. The third-order valence-electron chi connectivity index (χ3n) is 5.86. The third-order valence-corrected chi connectivity index (χ3v) is 6.80. The summed E-state index contributed by atoms with van der Waals surface area (Å²) in [5.41, 5.74) is 1.81. The van der Waals surface area contributed by atoms with Crippen LogP contribution in [-0.4, -0.2) is 41.6 Å². The molecule has 1 aliphatic rings. The molecule has 0 spiro atoms. The molecule has 0 bridgehead atoms. The summed E-state index contributed by atoms with van der Waals surface area (Å²) < 4.78 is 16.6. The first-order chi connectivity index (χ1) is 19.5. The maximum absolute atomic E-state index is 13.4. The number of carbonyl (C=O) groups excluding carboxylic acids is 2. The molecule has 0 N–H and O–H groups in total. The molecule has 202 valence electrons. The number of methoxy groups -OCH3 is 1. The molecular formula is C29H24N4O6S. The zero-order chi connectivity index (χ0) is 28.1. The lowest BCUT2D eigenvalue weighted by Crippen LogP contribution is -2.39. The van der Waals surface area contributed by atoms with Crippen LogP contribution in [0.15, 0.2) is 94.1 Å². The van der Waals surface area contributed by atoms with E-state index < -0.39 is 11.7 Å². The number of Topliss-reactive ketones (excluding diaryl/α,β-unsaturated/α-hetero) is 1. The van der Waals surface area contributed by atoms with Crippen LogP contribution in [0.4, 0.5) is 5.69 Å². The summed E-state index contributed by atoms with van der Waals surface area (Å²) in [5.74, 6) is -0.570. The lowest BCUT2D eigenvalue weighted by atomic mass is 10.2. The lowest BCUT2D eigenvalue weighted by molar-refractivity contribution is -0.672. The fourth-order valence-corrected chi connectivity index (χ4v) is 4.84. The van der Waals surface area contributed by atoms with Crippen LogP contribution in [0, 0.1) is 0 Å². The highest BCUT2D eigenvalue weighted by atomic mass is 32.2. The van der Waals surface area contributed by atoms with Gasteiger partial charge in [0.25, 0.3) is 5.91 Å². The van der Waals surface area contributed by atoms with Crippen molar-refractivity contribution in [2.24, 2.45) is 4.99 Å². The fourth-order valence-electron chi connectivity index (χ4n) is 3.96. The Morgan fingerprint density at radius 3 is 2.42 bits per heavy atom. The van der Waals surface area contributed by atoms with Crippen LogP contribution in [0.3, 0.4) is 0 Å². The van der Waals surface area contributed by atoms with E-state index in [2.05, 4.69) is 10.3 Å². The van der Waals surface area contributed by atoms with Crippen molar-refractivity contribution in [2.45, 2.75) is 6.92 Å². The Morgan fingerprint density at radius 1 is 1.05 bits per heavy atom. The number of anilines is 1. The van der Waals surface area contributed by atoms with E-state index in [4.69, 9.17) is 14.0 Å². The van der Waals surface area contributed by atoms with Gasteiger partial charge in [-0.2, -0.15) is 0 Å². The van der Waals surface area contributed by atoms with Gasteiger partial charge in [0.05, 0.1) is 30.4 Å². The SMILES string of the molecule is CCOc1ccc(/C=C2/N=C(SCC(=O)c3c([O-])on[n+]3-c3ccc(OC)cc3)N(c3ccccc3)C2=O)cc1. The van der Waals surface area contributed by atoms with Crippen LogP contribution in [0.25, 0.3) is 11.8 Å². The maximum Gasteiger partial charge on any atom is 0.307 e. The molecule has 0 fully saturated rings. The van der Waals surface area contributed by atoms with Crippen LogP contribution in [-0.2, 0) is 4.79 Å². The van der Waals surface area contributed by atoms with Gasteiger partial charge in [-0.05, 0) is 59.6 Å². The average Bonchev–Trinajstić information content (AvgIpc) is 3.52. The number of hydrogen-bond acceptors (Lipinski definition) is 9. The van der Waals surface area contributed by atoms with E-state index in [0.717, 1.165) is 27.8 Å². The number of aliphatic imine (C=N–C) groups is 1. The Morgan fingerprint density at radius 2 is 1.75 bits per heavy atom. The smallest absolute Gasteiger partial charge is 0.307 e. The fraction of sp³-hybridized carbons (Fsp3) is 0.138. The molecule has 0 aliphatic carbocycles. The van der Waals surface area contributed by atoms with Crippen molar-refractivity contribution >= 4 is 40.4 Å². The predicted molar refractivity (Wildman–Crippen MR) is 148 cm³/mol. The molecule has 0 saturated carbocycles. The number of rotatable bonds is 9. The summed E-state index contributed by atoms with van der Waals surface area (Å²) in [6.07, 6.45) is 1.68. The molecule has 5 rings (SSSR count). The van der Waals surface area contributed by atoms with Gasteiger partial charge >= 0.3 is 5.69 Å². The number of hydrogen-bond donors (Lipinski definition) is 0. The summed E-state index contributed by atoms with van der Waals surface area (Å²) in [4.78, 5) is 32.7. The van der Waals surface area contributed by atoms with Gasteiger partial charge in [-0.3, -0.25) is 14.5 Å². The Kier molecular flexibility index (Phi) is 7.92. The molecule has 0 radical (unpaired) electrons. The maximum atomic E-state index is 13.4. The molecule has 10 nitrogen and oxygen atoms in total. The largest absolute Gasteiger partial charge is 0.539 e. The van der Waals surface area contributed by atoms with Crippen molar-refractivity contribution in [1.29, 1.82) is 0 Å². The van der Waals surface area contributed by atoms with Gasteiger partial charge < -0.3 is 19.1 Å². The molecule has 0 unspecified atom stereocenters. The number of amides is 1. The third kappa shape index (κ3) is 5.59. The van der Waals surface area contributed by atoms with Gasteiger partial charge in [0.15, 0.2) is 11.1 Å². The van der Waals surface area contributed by atoms with E-state index in [1.807, 2.05) is 49.4 Å². The monoisotopic (exact) mass is 556 g/mol. The van der Waals surface area contributed by atoms with Crippen LogP contribution in [0.5, 0.6) is 17.4 Å². The van der Waals surface area contributed by atoms with Gasteiger partial charge in [-0.1, -0.05) is 42.1 Å². The van der Waals surface area contributed by atoms with Gasteiger partial charge in [0.2, 0.25) is 11.5 Å². The molecule has 0 atom stereocenters. The van der Waals surface area contributed by atoms with Crippen molar-refractivity contribution in [2.75, 3.05) is 24.4 Å². The Hall–Kier alpha value is -4.90. The standard InChI is InChI=1S/C29H24N4O6S/c1-3-38-23-13-9-19(10-14-23)17-24-27(35)32(20-7-5-4-6-8-20)29(30-24)40-18-25(34)26-28(36)39-31-33(26)21-11-15-22(37-2)16-12-21/h4-17H,3,18H2,1-2H3/b24-17+. The van der Waals surface area contributed by atoms with Crippen LogP contribution < -0.4 is 24.2 Å². The van der Waals surface area contributed by atoms with E-state index in [1.54, 1.807) is 42.5 Å². The number of amidine groups is 1.